The highest BCUT2D eigenvalue weighted by Gasteiger charge is 2.27. The van der Waals surface area contributed by atoms with Crippen molar-refractivity contribution in [1.82, 2.24) is 14.8 Å². The van der Waals surface area contributed by atoms with E-state index in [1.807, 2.05) is 54.0 Å². The molecule has 1 atom stereocenters. The van der Waals surface area contributed by atoms with Crippen LogP contribution in [0, 0.1) is 0 Å². The Hall–Kier alpha value is -2.87. The first-order valence-corrected chi connectivity index (χ1v) is 10.9. The number of hydrogen-bond donors (Lipinski definition) is 1. The molecule has 0 bridgehead atoms. The fourth-order valence-corrected chi connectivity index (χ4v) is 4.18. The molecule has 0 fully saturated rings. The van der Waals surface area contributed by atoms with Crippen LogP contribution in [0.5, 0.6) is 0 Å². The Morgan fingerprint density at radius 2 is 1.94 bits per heavy atom. The third kappa shape index (κ3) is 3.88. The predicted octanol–water partition coefficient (Wildman–Crippen LogP) is 5.27. The summed E-state index contributed by atoms with van der Waals surface area (Å²) in [5.74, 6) is 2.08. The van der Waals surface area contributed by atoms with Crippen LogP contribution in [-0.2, 0) is 22.6 Å². The monoisotopic (exact) mass is 469 g/mol. The van der Waals surface area contributed by atoms with Crippen molar-refractivity contribution in [2.24, 2.45) is 4.99 Å². The van der Waals surface area contributed by atoms with Crippen molar-refractivity contribution in [3.63, 3.8) is 0 Å². The molecule has 2 aliphatic rings. The second-order valence-corrected chi connectivity index (χ2v) is 8.56. The molecular weight excluding hydrogens is 449 g/mol. The Balaban J connectivity index is 1.55. The largest absolute Gasteiger partial charge is 0.475 e. The lowest BCUT2D eigenvalue weighted by Gasteiger charge is -2.14. The molecule has 164 valence electrons. The molecule has 3 aromatic rings. The fourth-order valence-electron chi connectivity index (χ4n) is 3.88. The molecule has 1 aromatic heterocycles. The van der Waals surface area contributed by atoms with Gasteiger partial charge in [-0.15, -0.1) is 10.2 Å². The summed E-state index contributed by atoms with van der Waals surface area (Å²) >= 11 is 12.3. The number of ether oxygens (including phenoxy) is 2. The molecule has 3 heterocycles. The van der Waals surface area contributed by atoms with Crippen molar-refractivity contribution in [3.05, 3.63) is 75.2 Å². The number of allylic oxidation sites excluding steroid dienone is 1. The minimum atomic E-state index is -0.0655. The van der Waals surface area contributed by atoms with Gasteiger partial charge in [-0.3, -0.25) is 0 Å². The summed E-state index contributed by atoms with van der Waals surface area (Å²) in [4.78, 5) is 4.83. The number of nitrogens with zero attached hydrogens (tertiary/aromatic N) is 4. The van der Waals surface area contributed by atoms with Crippen LogP contribution in [0.3, 0.4) is 0 Å². The molecule has 9 heteroatoms. The van der Waals surface area contributed by atoms with Crippen LogP contribution < -0.4 is 5.32 Å². The smallest absolute Gasteiger partial charge is 0.214 e. The molecule has 32 heavy (non-hydrogen) atoms. The van der Waals surface area contributed by atoms with Crippen LogP contribution in [0.15, 0.2) is 58.7 Å². The minimum Gasteiger partial charge on any atom is -0.475 e. The molecule has 5 rings (SSSR count). The number of rotatable bonds is 4. The first kappa shape index (κ1) is 21.0. The Bertz CT molecular complexity index is 1230. The summed E-state index contributed by atoms with van der Waals surface area (Å²) in [6, 6.07) is 13.3. The van der Waals surface area contributed by atoms with E-state index in [4.69, 9.17) is 37.7 Å². The zero-order valence-corrected chi connectivity index (χ0v) is 19.1. The third-order valence-electron chi connectivity index (χ3n) is 5.60. The summed E-state index contributed by atoms with van der Waals surface area (Å²) in [6.07, 6.45) is 0. The van der Waals surface area contributed by atoms with Gasteiger partial charge >= 0.3 is 0 Å². The zero-order valence-electron chi connectivity index (χ0n) is 17.6. The standard InChI is InChI=1S/C23H21Cl2N5O2/c1-13(23-27-20(11-32-23)14-3-5-15(24)6-4-14)19-10-30-21(12-31-2)28-29-22(30)17-9-16(25)7-8-18(17)26-19/h3-9,20,26H,10-12H2,1-2H3/b19-13+. The van der Waals surface area contributed by atoms with E-state index in [1.165, 1.54) is 0 Å². The number of fused-ring (bicyclic) bond motifs is 3. The van der Waals surface area contributed by atoms with Gasteiger partial charge in [-0.25, -0.2) is 4.99 Å². The van der Waals surface area contributed by atoms with E-state index in [9.17, 15) is 0 Å². The first-order chi connectivity index (χ1) is 15.5. The lowest BCUT2D eigenvalue weighted by molar-refractivity contribution is 0.174. The van der Waals surface area contributed by atoms with Crippen LogP contribution in [0.4, 0.5) is 5.69 Å². The second-order valence-electron chi connectivity index (χ2n) is 7.69. The van der Waals surface area contributed by atoms with Gasteiger partial charge in [-0.1, -0.05) is 35.3 Å². The number of benzene rings is 2. The number of halogens is 2. The molecule has 1 unspecified atom stereocenters. The van der Waals surface area contributed by atoms with Gasteiger partial charge in [0.25, 0.3) is 0 Å². The summed E-state index contributed by atoms with van der Waals surface area (Å²) < 4.78 is 13.4. The van der Waals surface area contributed by atoms with E-state index in [0.29, 0.717) is 35.7 Å². The average molecular weight is 470 g/mol. The molecular formula is C23H21Cl2N5O2. The maximum absolute atomic E-state index is 6.28. The van der Waals surface area contributed by atoms with E-state index in [0.717, 1.165) is 39.7 Å². The van der Waals surface area contributed by atoms with Crippen molar-refractivity contribution in [2.45, 2.75) is 26.1 Å². The van der Waals surface area contributed by atoms with Crippen LogP contribution in [0.2, 0.25) is 10.0 Å². The van der Waals surface area contributed by atoms with Gasteiger partial charge in [0.05, 0.1) is 6.54 Å². The van der Waals surface area contributed by atoms with Crippen LogP contribution >= 0.6 is 23.2 Å². The van der Waals surface area contributed by atoms with Crippen LogP contribution in [-0.4, -0.2) is 34.4 Å². The molecule has 7 nitrogen and oxygen atoms in total. The average Bonchev–Trinajstić information content (AvgIpc) is 3.39. The number of nitrogens with one attached hydrogen (secondary N) is 1. The summed E-state index contributed by atoms with van der Waals surface area (Å²) in [6.45, 7) is 3.37. The number of aliphatic imine (C=N–C) groups is 1. The van der Waals surface area contributed by atoms with E-state index in [-0.39, 0.29) is 6.04 Å². The van der Waals surface area contributed by atoms with E-state index >= 15 is 0 Å². The van der Waals surface area contributed by atoms with E-state index in [1.54, 1.807) is 7.11 Å². The van der Waals surface area contributed by atoms with Crippen molar-refractivity contribution in [3.8, 4) is 11.4 Å². The van der Waals surface area contributed by atoms with Gasteiger partial charge in [0.2, 0.25) is 5.90 Å². The van der Waals surface area contributed by atoms with Gasteiger partial charge in [-0.05, 0) is 42.8 Å². The van der Waals surface area contributed by atoms with Crippen molar-refractivity contribution < 1.29 is 9.47 Å². The summed E-state index contributed by atoms with van der Waals surface area (Å²) in [5.41, 5.74) is 4.71. The molecule has 0 radical (unpaired) electrons. The van der Waals surface area contributed by atoms with Crippen molar-refractivity contribution >= 4 is 34.8 Å². The molecule has 0 saturated heterocycles. The van der Waals surface area contributed by atoms with Gasteiger partial charge in [-0.2, -0.15) is 0 Å². The molecule has 1 N–H and O–H groups in total. The lowest BCUT2D eigenvalue weighted by atomic mass is 10.1. The van der Waals surface area contributed by atoms with Gasteiger partial charge in [0, 0.05) is 39.7 Å². The molecule has 2 aliphatic heterocycles. The van der Waals surface area contributed by atoms with Crippen LogP contribution in [0.25, 0.3) is 11.4 Å². The lowest BCUT2D eigenvalue weighted by Crippen LogP contribution is -2.15. The van der Waals surface area contributed by atoms with Gasteiger partial charge in [0.1, 0.15) is 19.3 Å². The maximum atomic E-state index is 6.28. The Morgan fingerprint density at radius 3 is 2.72 bits per heavy atom. The number of anilines is 1. The molecule has 0 aliphatic carbocycles. The second kappa shape index (κ2) is 8.58. The minimum absolute atomic E-state index is 0.0655. The Morgan fingerprint density at radius 1 is 1.16 bits per heavy atom. The number of aromatic nitrogens is 3. The maximum Gasteiger partial charge on any atom is 0.214 e. The molecule has 2 aromatic carbocycles. The summed E-state index contributed by atoms with van der Waals surface area (Å²) in [7, 11) is 1.64. The zero-order chi connectivity index (χ0) is 22.2. The highest BCUT2D eigenvalue weighted by molar-refractivity contribution is 6.31. The SMILES string of the molecule is COCc1nnc2n1C/C(=C(/C)C1=NC(c3ccc(Cl)cc3)CO1)Nc1ccc(Cl)cc1-2. The molecule has 0 saturated carbocycles. The number of hydrogen-bond acceptors (Lipinski definition) is 6. The van der Waals surface area contributed by atoms with Gasteiger partial charge in [0.15, 0.2) is 11.6 Å². The fraction of sp³-hybridized carbons (Fsp3) is 0.261. The topological polar surface area (TPSA) is 73.6 Å². The van der Waals surface area contributed by atoms with Gasteiger partial charge < -0.3 is 19.4 Å². The first-order valence-electron chi connectivity index (χ1n) is 10.2. The van der Waals surface area contributed by atoms with Crippen molar-refractivity contribution in [1.29, 1.82) is 0 Å². The van der Waals surface area contributed by atoms with E-state index < -0.39 is 0 Å². The van der Waals surface area contributed by atoms with Crippen LogP contribution in [0.1, 0.15) is 24.4 Å². The predicted molar refractivity (Wildman–Crippen MR) is 125 cm³/mol. The quantitative estimate of drug-likeness (QED) is 0.563. The van der Waals surface area contributed by atoms with Crippen molar-refractivity contribution in [2.75, 3.05) is 19.0 Å². The highest BCUT2D eigenvalue weighted by Crippen LogP contribution is 2.35. The highest BCUT2D eigenvalue weighted by atomic mass is 35.5. The Kier molecular flexibility index (Phi) is 5.63. The Labute approximate surface area is 195 Å². The molecule has 0 spiro atoms. The van der Waals surface area contributed by atoms with E-state index in [2.05, 4.69) is 15.5 Å². The summed E-state index contributed by atoms with van der Waals surface area (Å²) in [5, 5.41) is 13.6. The third-order valence-corrected chi connectivity index (χ3v) is 6.09. The molecule has 0 amide bonds. The number of methoxy groups -OCH3 is 1. The normalized spacial score (nSPS) is 18.8.